The lowest BCUT2D eigenvalue weighted by atomic mass is 9.92. The van der Waals surface area contributed by atoms with Crippen LogP contribution in [0.15, 0.2) is 16.8 Å². The maximum Gasteiger partial charge on any atom is 0.370 e. The van der Waals surface area contributed by atoms with E-state index >= 15 is 0 Å². The molecule has 242 valence electrons. The zero-order valence-electron chi connectivity index (χ0n) is 25.5. The molecule has 12 heteroatoms. The summed E-state index contributed by atoms with van der Waals surface area (Å²) in [6, 6.07) is -2.19. The molecule has 0 spiro atoms. The van der Waals surface area contributed by atoms with Crippen LogP contribution in [0.3, 0.4) is 0 Å². The quantitative estimate of drug-likeness (QED) is 0.0438. The number of aliphatic hydroxyl groups is 2. The summed E-state index contributed by atoms with van der Waals surface area (Å²) in [5.41, 5.74) is 10.9. The zero-order chi connectivity index (χ0) is 31.3. The van der Waals surface area contributed by atoms with Gasteiger partial charge < -0.3 is 41.6 Å². The number of ether oxygens (including phenoxy) is 2. The Labute approximate surface area is 250 Å². The van der Waals surface area contributed by atoms with Crippen LogP contribution in [0.5, 0.6) is 0 Å². The Bertz CT molecular complexity index is 862. The number of guanidine groups is 1. The standard InChI is InChI=1S/C30H54N4O8/c1-3-4-5-6-7-8-9-10-11-12-13-14-15-16-17-18-25(37)41-20-23(36)27(38)28-26(33-21(2)35)22(34-30(31)32)19-24(42-28)29(39)40/h19,22-23,26-28,36,38H,3-18,20H2,1-2H3,(H,33,35)(H,39,40)(H4,31,32,34)/t22?,23?,26?,27?,28-/m1/s1. The van der Waals surface area contributed by atoms with Gasteiger partial charge in [0.25, 0.3) is 0 Å². The number of nitrogens with zero attached hydrogens (tertiary/aromatic N) is 1. The highest BCUT2D eigenvalue weighted by Crippen LogP contribution is 2.25. The van der Waals surface area contributed by atoms with Crippen LogP contribution in [0.1, 0.15) is 117 Å². The summed E-state index contributed by atoms with van der Waals surface area (Å²) in [6.07, 6.45) is 14.7. The van der Waals surface area contributed by atoms with Crippen LogP contribution in [-0.2, 0) is 23.9 Å². The number of amides is 1. The minimum atomic E-state index is -1.74. The summed E-state index contributed by atoms with van der Waals surface area (Å²) >= 11 is 0. The number of aliphatic hydroxyl groups excluding tert-OH is 2. The van der Waals surface area contributed by atoms with Gasteiger partial charge in [0.2, 0.25) is 11.7 Å². The molecule has 42 heavy (non-hydrogen) atoms. The second kappa shape index (κ2) is 21.8. The normalized spacial score (nSPS) is 19.6. The smallest absolute Gasteiger partial charge is 0.370 e. The lowest BCUT2D eigenvalue weighted by Gasteiger charge is -2.38. The number of nitrogens with one attached hydrogen (secondary N) is 1. The Kier molecular flexibility index (Phi) is 19.3. The number of hydrogen-bond donors (Lipinski definition) is 6. The van der Waals surface area contributed by atoms with Crippen molar-refractivity contribution < 1.29 is 39.2 Å². The van der Waals surface area contributed by atoms with E-state index in [1.54, 1.807) is 0 Å². The average molecular weight is 599 g/mol. The summed E-state index contributed by atoms with van der Waals surface area (Å²) in [7, 11) is 0. The molecule has 1 heterocycles. The molecule has 0 fully saturated rings. The van der Waals surface area contributed by atoms with Crippen LogP contribution in [-0.4, -0.2) is 76.1 Å². The highest BCUT2D eigenvalue weighted by atomic mass is 16.6. The number of carbonyl (C=O) groups is 3. The topological polar surface area (TPSA) is 207 Å². The molecule has 1 rings (SSSR count). The van der Waals surface area contributed by atoms with Crippen molar-refractivity contribution in [2.45, 2.75) is 147 Å². The molecule has 0 radical (unpaired) electrons. The third kappa shape index (κ3) is 16.0. The second-order valence-electron chi connectivity index (χ2n) is 11.1. The minimum absolute atomic E-state index is 0.188. The number of rotatable bonds is 23. The SMILES string of the molecule is CCCCCCCCCCCCCCCCCC(=O)OCC(O)C(O)[C@@H]1OC(C(=O)O)=CC(N=C(N)N)C1NC(C)=O. The fraction of sp³-hybridized carbons (Fsp3) is 0.800. The first-order valence-corrected chi connectivity index (χ1v) is 15.6. The zero-order valence-corrected chi connectivity index (χ0v) is 25.5. The Balaban J connectivity index is 2.33. The van der Waals surface area contributed by atoms with Crippen molar-refractivity contribution in [2.24, 2.45) is 16.5 Å². The van der Waals surface area contributed by atoms with Crippen LogP contribution < -0.4 is 16.8 Å². The fourth-order valence-corrected chi connectivity index (χ4v) is 5.02. The lowest BCUT2D eigenvalue weighted by molar-refractivity contribution is -0.156. The number of esters is 1. The molecule has 0 saturated heterocycles. The number of carbonyl (C=O) groups excluding carboxylic acids is 2. The average Bonchev–Trinajstić information content (AvgIpc) is 2.93. The summed E-state index contributed by atoms with van der Waals surface area (Å²) in [5.74, 6) is -3.42. The number of aliphatic carboxylic acids is 1. The number of nitrogens with two attached hydrogens (primary N) is 2. The van der Waals surface area contributed by atoms with Crippen molar-refractivity contribution in [1.29, 1.82) is 0 Å². The van der Waals surface area contributed by atoms with Gasteiger partial charge in [-0.2, -0.15) is 0 Å². The van der Waals surface area contributed by atoms with E-state index in [9.17, 15) is 29.7 Å². The van der Waals surface area contributed by atoms with Gasteiger partial charge in [0.1, 0.15) is 24.9 Å². The molecule has 0 bridgehead atoms. The fourth-order valence-electron chi connectivity index (χ4n) is 5.02. The number of carboxylic acid groups (broad SMARTS) is 1. The number of unbranched alkanes of at least 4 members (excludes halogenated alkanes) is 14. The number of hydrogen-bond acceptors (Lipinski definition) is 8. The first kappa shape index (κ1) is 37.2. The van der Waals surface area contributed by atoms with Crippen molar-refractivity contribution in [3.05, 3.63) is 11.8 Å². The van der Waals surface area contributed by atoms with E-state index < -0.39 is 60.6 Å². The third-order valence-corrected chi connectivity index (χ3v) is 7.32. The molecular weight excluding hydrogens is 544 g/mol. The van der Waals surface area contributed by atoms with Crippen LogP contribution >= 0.6 is 0 Å². The molecule has 1 aliphatic heterocycles. The third-order valence-electron chi connectivity index (χ3n) is 7.32. The highest BCUT2D eigenvalue weighted by molar-refractivity contribution is 5.85. The van der Waals surface area contributed by atoms with E-state index in [1.807, 2.05) is 0 Å². The molecule has 0 aliphatic carbocycles. The predicted octanol–water partition coefficient (Wildman–Crippen LogP) is 3.03. The summed E-state index contributed by atoms with van der Waals surface area (Å²) < 4.78 is 10.5. The maximum atomic E-state index is 12.2. The molecule has 0 saturated carbocycles. The Hall–Kier alpha value is -2.86. The van der Waals surface area contributed by atoms with Crippen molar-refractivity contribution in [1.82, 2.24) is 5.32 Å². The molecule has 1 aliphatic rings. The Morgan fingerprint density at radius 2 is 1.43 bits per heavy atom. The van der Waals surface area contributed by atoms with Crippen molar-refractivity contribution in [3.8, 4) is 0 Å². The first-order valence-electron chi connectivity index (χ1n) is 15.6. The van der Waals surface area contributed by atoms with E-state index in [2.05, 4.69) is 17.2 Å². The van der Waals surface area contributed by atoms with Crippen molar-refractivity contribution >= 4 is 23.8 Å². The van der Waals surface area contributed by atoms with Crippen LogP contribution in [0.2, 0.25) is 0 Å². The predicted molar refractivity (Wildman–Crippen MR) is 160 cm³/mol. The number of carboxylic acids is 1. The van der Waals surface area contributed by atoms with Crippen LogP contribution in [0.25, 0.3) is 0 Å². The molecule has 1 amide bonds. The monoisotopic (exact) mass is 598 g/mol. The summed E-state index contributed by atoms with van der Waals surface area (Å²) in [6.45, 7) is 2.92. The van der Waals surface area contributed by atoms with Crippen molar-refractivity contribution in [2.75, 3.05) is 6.61 Å². The van der Waals surface area contributed by atoms with Gasteiger partial charge in [-0.15, -0.1) is 0 Å². The van der Waals surface area contributed by atoms with Crippen LogP contribution in [0, 0.1) is 0 Å². The molecule has 12 nitrogen and oxygen atoms in total. The lowest BCUT2D eigenvalue weighted by Crippen LogP contribution is -2.60. The summed E-state index contributed by atoms with van der Waals surface area (Å²) in [5, 5.41) is 33.2. The van der Waals surface area contributed by atoms with Gasteiger partial charge in [-0.25, -0.2) is 9.79 Å². The Morgan fingerprint density at radius 3 is 1.88 bits per heavy atom. The van der Waals surface area contributed by atoms with E-state index in [-0.39, 0.29) is 12.4 Å². The van der Waals surface area contributed by atoms with Crippen LogP contribution in [0.4, 0.5) is 0 Å². The van der Waals surface area contributed by atoms with E-state index in [1.165, 1.54) is 77.6 Å². The van der Waals surface area contributed by atoms with Gasteiger partial charge in [-0.3, -0.25) is 9.59 Å². The van der Waals surface area contributed by atoms with Gasteiger partial charge >= 0.3 is 11.9 Å². The van der Waals surface area contributed by atoms with E-state index in [0.29, 0.717) is 6.42 Å². The molecule has 8 N–H and O–H groups in total. The second-order valence-corrected chi connectivity index (χ2v) is 11.1. The van der Waals surface area contributed by atoms with Gasteiger partial charge in [-0.05, 0) is 12.5 Å². The molecule has 4 unspecified atom stereocenters. The molecule has 0 aromatic carbocycles. The maximum absolute atomic E-state index is 12.2. The first-order chi connectivity index (χ1) is 20.1. The molecule has 0 aromatic heterocycles. The Morgan fingerprint density at radius 1 is 0.929 bits per heavy atom. The highest BCUT2D eigenvalue weighted by Gasteiger charge is 2.44. The molecule has 0 aromatic rings. The van der Waals surface area contributed by atoms with E-state index in [4.69, 9.17) is 20.9 Å². The van der Waals surface area contributed by atoms with Gasteiger partial charge in [0.05, 0.1) is 12.1 Å². The van der Waals surface area contributed by atoms with Gasteiger partial charge in [-0.1, -0.05) is 96.8 Å². The minimum Gasteiger partial charge on any atom is -0.478 e. The molecule has 5 atom stereocenters. The van der Waals surface area contributed by atoms with Crippen molar-refractivity contribution in [3.63, 3.8) is 0 Å². The largest absolute Gasteiger partial charge is 0.478 e. The van der Waals surface area contributed by atoms with Gasteiger partial charge in [0.15, 0.2) is 5.96 Å². The summed E-state index contributed by atoms with van der Waals surface area (Å²) in [4.78, 5) is 39.4. The number of aliphatic imine (C=N–C) groups is 1. The molecular formula is C30H54N4O8. The van der Waals surface area contributed by atoms with E-state index in [0.717, 1.165) is 25.3 Å². The van der Waals surface area contributed by atoms with Gasteiger partial charge in [0, 0.05) is 13.3 Å².